The molecule has 4 rings (SSSR count). The van der Waals surface area contributed by atoms with E-state index >= 15 is 0 Å². The van der Waals surface area contributed by atoms with Gasteiger partial charge < -0.3 is 4.90 Å². The van der Waals surface area contributed by atoms with Gasteiger partial charge >= 0.3 is 0 Å². The Kier molecular flexibility index (Phi) is 6.45. The van der Waals surface area contributed by atoms with E-state index in [1.165, 1.54) is 29.9 Å². The predicted molar refractivity (Wildman–Crippen MR) is 120 cm³/mol. The maximum Gasteiger partial charge on any atom is 0.0670 e. The van der Waals surface area contributed by atoms with Crippen molar-refractivity contribution in [3.63, 3.8) is 0 Å². The van der Waals surface area contributed by atoms with Crippen molar-refractivity contribution in [3.8, 4) is 0 Å². The number of piperazine rings is 1. The average molecular weight is 442 g/mol. The molecule has 0 bridgehead atoms. The minimum Gasteiger partial charge on any atom is -0.361 e. The van der Waals surface area contributed by atoms with Crippen molar-refractivity contribution in [2.75, 3.05) is 36.0 Å². The van der Waals surface area contributed by atoms with Gasteiger partial charge in [0.05, 0.1) is 16.8 Å². The van der Waals surface area contributed by atoms with E-state index in [1.807, 2.05) is 30.3 Å². The van der Waals surface area contributed by atoms with E-state index in [0.717, 1.165) is 30.3 Å². The lowest BCUT2D eigenvalue weighted by molar-refractivity contribution is 0.151. The van der Waals surface area contributed by atoms with Crippen LogP contribution in [0.5, 0.6) is 0 Å². The zero-order valence-electron chi connectivity index (χ0n) is 15.1. The van der Waals surface area contributed by atoms with Gasteiger partial charge in [-0.1, -0.05) is 46.9 Å². The monoisotopic (exact) mass is 440 g/mol. The normalized spacial score (nSPS) is 22.2. The van der Waals surface area contributed by atoms with Gasteiger partial charge in [0.1, 0.15) is 0 Å². The van der Waals surface area contributed by atoms with Gasteiger partial charge in [-0.2, -0.15) is 11.8 Å². The SMILES string of the molecule is Clc1ccc(C2CN(C3CCSCC3)CCN2c2ccc(Cl)cc2Cl)cc1. The van der Waals surface area contributed by atoms with E-state index in [4.69, 9.17) is 34.8 Å². The number of rotatable bonds is 3. The van der Waals surface area contributed by atoms with Crippen molar-refractivity contribution < 1.29 is 0 Å². The van der Waals surface area contributed by atoms with Crippen LogP contribution in [0.2, 0.25) is 15.1 Å². The van der Waals surface area contributed by atoms with E-state index in [9.17, 15) is 0 Å². The molecule has 2 aliphatic heterocycles. The number of thioether (sulfide) groups is 1. The largest absolute Gasteiger partial charge is 0.361 e. The van der Waals surface area contributed by atoms with Crippen molar-refractivity contribution in [1.82, 2.24) is 4.90 Å². The van der Waals surface area contributed by atoms with Gasteiger partial charge in [0.2, 0.25) is 0 Å². The Bertz CT molecular complexity index is 777. The molecule has 0 aromatic heterocycles. The second kappa shape index (κ2) is 8.84. The number of hydrogen-bond donors (Lipinski definition) is 0. The van der Waals surface area contributed by atoms with Gasteiger partial charge in [0.15, 0.2) is 0 Å². The zero-order valence-corrected chi connectivity index (χ0v) is 18.2. The summed E-state index contributed by atoms with van der Waals surface area (Å²) in [7, 11) is 0. The number of hydrogen-bond acceptors (Lipinski definition) is 3. The first kappa shape index (κ1) is 19.7. The van der Waals surface area contributed by atoms with Crippen molar-refractivity contribution in [2.24, 2.45) is 0 Å². The third-order valence-corrected chi connectivity index (χ3v) is 7.43. The van der Waals surface area contributed by atoms with Crippen LogP contribution in [0.4, 0.5) is 5.69 Å². The van der Waals surface area contributed by atoms with E-state index in [-0.39, 0.29) is 6.04 Å². The van der Waals surface area contributed by atoms with Crippen LogP contribution >= 0.6 is 46.6 Å². The van der Waals surface area contributed by atoms with Crippen LogP contribution in [0, 0.1) is 0 Å². The van der Waals surface area contributed by atoms with Gasteiger partial charge in [-0.05, 0) is 60.2 Å². The summed E-state index contributed by atoms with van der Waals surface area (Å²) in [4.78, 5) is 5.11. The fourth-order valence-electron chi connectivity index (χ4n) is 4.16. The maximum absolute atomic E-state index is 6.56. The molecule has 2 saturated heterocycles. The molecule has 0 aliphatic carbocycles. The van der Waals surface area contributed by atoms with Crippen molar-refractivity contribution in [2.45, 2.75) is 24.9 Å². The van der Waals surface area contributed by atoms with E-state index in [1.54, 1.807) is 0 Å². The highest BCUT2D eigenvalue weighted by Gasteiger charge is 2.33. The summed E-state index contributed by atoms with van der Waals surface area (Å²) in [5, 5.41) is 2.15. The average Bonchev–Trinajstić information content (AvgIpc) is 2.69. The smallest absolute Gasteiger partial charge is 0.0670 e. The molecule has 0 amide bonds. The third-order valence-electron chi connectivity index (χ3n) is 5.59. The van der Waals surface area contributed by atoms with E-state index in [2.05, 4.69) is 33.7 Å². The Labute approximate surface area is 180 Å². The molecule has 2 heterocycles. The minimum absolute atomic E-state index is 0.254. The Hall–Kier alpha value is -0.580. The molecule has 27 heavy (non-hydrogen) atoms. The standard InChI is InChI=1S/C21H23Cl3N2S/c22-16-3-1-15(2-4-16)21-14-25(18-7-11-27-12-8-18)9-10-26(21)20-6-5-17(23)13-19(20)24/h1-6,13,18,21H,7-12,14H2. The molecular formula is C21H23Cl3N2S. The molecule has 144 valence electrons. The lowest BCUT2D eigenvalue weighted by Gasteiger charge is -2.46. The van der Waals surface area contributed by atoms with Gasteiger partial charge in [-0.3, -0.25) is 4.90 Å². The highest BCUT2D eigenvalue weighted by atomic mass is 35.5. The predicted octanol–water partition coefficient (Wildman–Crippen LogP) is 6.41. The number of benzene rings is 2. The first-order valence-electron chi connectivity index (χ1n) is 9.41. The molecule has 2 aliphatic rings. The van der Waals surface area contributed by atoms with Gasteiger partial charge in [-0.25, -0.2) is 0 Å². The molecule has 2 fully saturated rings. The fraction of sp³-hybridized carbons (Fsp3) is 0.429. The Balaban J connectivity index is 1.64. The van der Waals surface area contributed by atoms with Crippen LogP contribution in [-0.4, -0.2) is 42.1 Å². The summed E-state index contributed by atoms with van der Waals surface area (Å²) in [6.45, 7) is 3.03. The highest BCUT2D eigenvalue weighted by Crippen LogP contribution is 2.38. The first-order chi connectivity index (χ1) is 13.1. The topological polar surface area (TPSA) is 6.48 Å². The van der Waals surface area contributed by atoms with Crippen LogP contribution in [0.3, 0.4) is 0 Å². The van der Waals surface area contributed by atoms with Gasteiger partial charge in [0, 0.05) is 35.7 Å². The molecule has 0 saturated carbocycles. The Morgan fingerprint density at radius 2 is 1.56 bits per heavy atom. The molecule has 2 aromatic rings. The lowest BCUT2D eigenvalue weighted by atomic mass is 9.98. The lowest BCUT2D eigenvalue weighted by Crippen LogP contribution is -2.52. The van der Waals surface area contributed by atoms with Crippen LogP contribution < -0.4 is 4.90 Å². The molecule has 6 heteroatoms. The molecule has 2 nitrogen and oxygen atoms in total. The maximum atomic E-state index is 6.56. The van der Waals surface area contributed by atoms with Gasteiger partial charge in [0.25, 0.3) is 0 Å². The first-order valence-corrected chi connectivity index (χ1v) is 11.7. The second-order valence-corrected chi connectivity index (χ2v) is 9.70. The second-order valence-electron chi connectivity index (χ2n) is 7.19. The summed E-state index contributed by atoms with van der Waals surface area (Å²) in [5.74, 6) is 2.55. The molecule has 0 radical (unpaired) electrons. The van der Waals surface area contributed by atoms with Crippen molar-refractivity contribution in [3.05, 3.63) is 63.1 Å². The van der Waals surface area contributed by atoms with E-state index in [0.29, 0.717) is 16.1 Å². The fourth-order valence-corrected chi connectivity index (χ4v) is 5.88. The van der Waals surface area contributed by atoms with Crippen molar-refractivity contribution in [1.29, 1.82) is 0 Å². The van der Waals surface area contributed by atoms with Crippen LogP contribution in [-0.2, 0) is 0 Å². The summed E-state index contributed by atoms with van der Waals surface area (Å²) < 4.78 is 0. The van der Waals surface area contributed by atoms with Gasteiger partial charge in [-0.15, -0.1) is 0 Å². The highest BCUT2D eigenvalue weighted by molar-refractivity contribution is 7.99. The molecule has 2 aromatic carbocycles. The molecule has 0 spiro atoms. The number of halogens is 3. The quantitative estimate of drug-likeness (QED) is 0.543. The summed E-state index contributed by atoms with van der Waals surface area (Å²) in [6, 6.07) is 15.0. The Morgan fingerprint density at radius 1 is 0.852 bits per heavy atom. The number of anilines is 1. The van der Waals surface area contributed by atoms with Crippen molar-refractivity contribution >= 4 is 52.3 Å². The molecule has 1 atom stereocenters. The minimum atomic E-state index is 0.254. The van der Waals surface area contributed by atoms with Crippen LogP contribution in [0.25, 0.3) is 0 Å². The van der Waals surface area contributed by atoms with Crippen LogP contribution in [0.1, 0.15) is 24.4 Å². The molecule has 1 unspecified atom stereocenters. The summed E-state index contributed by atoms with van der Waals surface area (Å²) in [5.41, 5.74) is 2.33. The Morgan fingerprint density at radius 3 is 2.26 bits per heavy atom. The van der Waals surface area contributed by atoms with E-state index < -0.39 is 0 Å². The molecular weight excluding hydrogens is 419 g/mol. The molecule has 0 N–H and O–H groups in total. The van der Waals surface area contributed by atoms with Crippen LogP contribution in [0.15, 0.2) is 42.5 Å². The zero-order chi connectivity index (χ0) is 18.8. The number of nitrogens with zero attached hydrogens (tertiary/aromatic N) is 2. The summed E-state index contributed by atoms with van der Waals surface area (Å²) in [6.07, 6.45) is 2.58. The summed E-state index contributed by atoms with van der Waals surface area (Å²) >= 11 is 20.9. The third kappa shape index (κ3) is 4.54.